The zero-order valence-electron chi connectivity index (χ0n) is 15.3. The summed E-state index contributed by atoms with van der Waals surface area (Å²) >= 11 is 0. The first-order chi connectivity index (χ1) is 12.5. The fourth-order valence-corrected chi connectivity index (χ4v) is 2.74. The predicted octanol–water partition coefficient (Wildman–Crippen LogP) is 4.20. The first-order valence-electron chi connectivity index (χ1n) is 8.94. The van der Waals surface area contributed by atoms with Crippen molar-refractivity contribution in [2.75, 3.05) is 6.61 Å². The third kappa shape index (κ3) is 5.38. The maximum Gasteiger partial charge on any atom is 0.338 e. The molecule has 0 heterocycles. The highest BCUT2D eigenvalue weighted by Gasteiger charge is 2.12. The van der Waals surface area contributed by atoms with E-state index in [1.165, 1.54) is 0 Å². The lowest BCUT2D eigenvalue weighted by molar-refractivity contribution is -0.118. The molecule has 4 nitrogen and oxygen atoms in total. The minimum Gasteiger partial charge on any atom is -0.462 e. The molecule has 0 aliphatic heterocycles. The smallest absolute Gasteiger partial charge is 0.338 e. The van der Waals surface area contributed by atoms with Crippen LogP contribution >= 0.6 is 0 Å². The van der Waals surface area contributed by atoms with E-state index < -0.39 is 0 Å². The molecule has 0 bridgehead atoms. The van der Waals surface area contributed by atoms with E-state index in [1.807, 2.05) is 37.3 Å². The molecule has 0 aliphatic carbocycles. The average molecular weight is 352 g/mol. The van der Waals surface area contributed by atoms with Crippen LogP contribution in [-0.4, -0.2) is 24.1 Å². The number of hydrogen-bond donors (Lipinski definition) is 0. The molecule has 0 fully saturated rings. The number of carbonyl (C=O) groups excluding carboxylic acids is 3. The molecule has 4 heteroatoms. The third-order valence-corrected chi connectivity index (χ3v) is 4.18. The van der Waals surface area contributed by atoms with Crippen LogP contribution in [0.1, 0.15) is 58.5 Å². The molecular formula is C22H24O4. The van der Waals surface area contributed by atoms with Crippen molar-refractivity contribution >= 4 is 17.5 Å². The van der Waals surface area contributed by atoms with Gasteiger partial charge in [-0.2, -0.15) is 0 Å². The average Bonchev–Trinajstić information content (AvgIpc) is 2.67. The number of rotatable bonds is 9. The molecule has 2 rings (SSSR count). The second kappa shape index (κ2) is 9.66. The zero-order chi connectivity index (χ0) is 18.9. The maximum absolute atomic E-state index is 12.3. The second-order valence-corrected chi connectivity index (χ2v) is 6.07. The van der Waals surface area contributed by atoms with Crippen molar-refractivity contribution in [2.24, 2.45) is 0 Å². The molecule has 0 N–H and O–H groups in total. The molecule has 0 aromatic heterocycles. The Kier molecular flexibility index (Phi) is 7.27. The number of aryl methyl sites for hydroxylation is 1. The van der Waals surface area contributed by atoms with Gasteiger partial charge in [-0.15, -0.1) is 0 Å². The number of esters is 1. The molecule has 0 aliphatic rings. The number of benzene rings is 2. The second-order valence-electron chi connectivity index (χ2n) is 6.07. The summed E-state index contributed by atoms with van der Waals surface area (Å²) in [7, 11) is 0. The van der Waals surface area contributed by atoms with Gasteiger partial charge in [-0.25, -0.2) is 4.79 Å². The van der Waals surface area contributed by atoms with Gasteiger partial charge in [-0.1, -0.05) is 43.3 Å². The van der Waals surface area contributed by atoms with Gasteiger partial charge in [0.2, 0.25) is 0 Å². The molecule has 0 atom stereocenters. The summed E-state index contributed by atoms with van der Waals surface area (Å²) < 4.78 is 4.95. The minimum absolute atomic E-state index is 0.0583. The van der Waals surface area contributed by atoms with Gasteiger partial charge >= 0.3 is 5.97 Å². The summed E-state index contributed by atoms with van der Waals surface area (Å²) in [6.45, 7) is 3.93. The van der Waals surface area contributed by atoms with E-state index in [-0.39, 0.29) is 24.0 Å². The topological polar surface area (TPSA) is 60.4 Å². The van der Waals surface area contributed by atoms with Crippen LogP contribution in [-0.2, 0) is 22.4 Å². The summed E-state index contributed by atoms with van der Waals surface area (Å²) in [6, 6.07) is 14.4. The van der Waals surface area contributed by atoms with E-state index in [9.17, 15) is 14.4 Å². The van der Waals surface area contributed by atoms with E-state index in [0.29, 0.717) is 37.0 Å². The molecule has 0 unspecified atom stereocenters. The summed E-state index contributed by atoms with van der Waals surface area (Å²) in [5.74, 6) is -0.189. The number of ether oxygens (including phenoxy) is 1. The van der Waals surface area contributed by atoms with Crippen molar-refractivity contribution in [3.05, 3.63) is 70.8 Å². The van der Waals surface area contributed by atoms with E-state index in [0.717, 1.165) is 11.1 Å². The molecule has 2 aromatic rings. The number of Topliss-reactive ketones (excluding diaryl/α,β-unsaturated/α-hetero) is 2. The van der Waals surface area contributed by atoms with Crippen molar-refractivity contribution in [1.29, 1.82) is 0 Å². The van der Waals surface area contributed by atoms with Crippen LogP contribution in [0.5, 0.6) is 0 Å². The van der Waals surface area contributed by atoms with Gasteiger partial charge in [0.15, 0.2) is 5.78 Å². The highest BCUT2D eigenvalue weighted by molar-refractivity contribution is 5.98. The van der Waals surface area contributed by atoms with Crippen molar-refractivity contribution in [3.63, 3.8) is 0 Å². The maximum atomic E-state index is 12.3. The summed E-state index contributed by atoms with van der Waals surface area (Å²) in [5, 5.41) is 0. The van der Waals surface area contributed by atoms with E-state index in [4.69, 9.17) is 4.74 Å². The van der Waals surface area contributed by atoms with E-state index >= 15 is 0 Å². The summed E-state index contributed by atoms with van der Waals surface area (Å²) in [6.07, 6.45) is 1.69. The predicted molar refractivity (Wildman–Crippen MR) is 100 cm³/mol. The van der Waals surface area contributed by atoms with Gasteiger partial charge in [0.05, 0.1) is 12.2 Å². The van der Waals surface area contributed by atoms with E-state index in [1.54, 1.807) is 25.1 Å². The molecule has 136 valence electrons. The highest BCUT2D eigenvalue weighted by Crippen LogP contribution is 2.14. The third-order valence-electron chi connectivity index (χ3n) is 4.18. The fourth-order valence-electron chi connectivity index (χ4n) is 2.74. The Morgan fingerprint density at radius 3 is 2.27 bits per heavy atom. The monoisotopic (exact) mass is 352 g/mol. The van der Waals surface area contributed by atoms with Crippen LogP contribution in [0.2, 0.25) is 0 Å². The van der Waals surface area contributed by atoms with Gasteiger partial charge in [0, 0.05) is 24.8 Å². The summed E-state index contributed by atoms with van der Waals surface area (Å²) in [5.41, 5.74) is 2.93. The standard InChI is InChI=1S/C22H24O4/c1-3-21(24)20-8-6-5-7-18(20)15-19(23)14-11-16-9-12-17(13-10-16)22(25)26-4-2/h5-10,12-13H,3-4,11,14-15H2,1-2H3. The van der Waals surface area contributed by atoms with Crippen LogP contribution in [0.4, 0.5) is 0 Å². The zero-order valence-corrected chi connectivity index (χ0v) is 15.3. The lowest BCUT2D eigenvalue weighted by Crippen LogP contribution is -2.09. The first-order valence-corrected chi connectivity index (χ1v) is 8.94. The number of hydrogen-bond acceptors (Lipinski definition) is 4. The summed E-state index contributed by atoms with van der Waals surface area (Å²) in [4.78, 5) is 35.9. The van der Waals surface area contributed by atoms with Gasteiger partial charge in [-0.3, -0.25) is 9.59 Å². The van der Waals surface area contributed by atoms with Gasteiger partial charge < -0.3 is 4.74 Å². The quantitative estimate of drug-likeness (QED) is 0.501. The molecule has 0 saturated heterocycles. The molecule has 0 spiro atoms. The minimum atomic E-state index is -0.340. The fraction of sp³-hybridized carbons (Fsp3) is 0.318. The first kappa shape index (κ1) is 19.6. The van der Waals surface area contributed by atoms with Gasteiger partial charge in [-0.05, 0) is 36.6 Å². The normalized spacial score (nSPS) is 10.4. The molecule has 0 radical (unpaired) electrons. The van der Waals surface area contributed by atoms with Crippen LogP contribution in [0.3, 0.4) is 0 Å². The Morgan fingerprint density at radius 2 is 1.62 bits per heavy atom. The van der Waals surface area contributed by atoms with Crippen LogP contribution in [0, 0.1) is 0 Å². The molecule has 26 heavy (non-hydrogen) atoms. The lowest BCUT2D eigenvalue weighted by atomic mass is 9.96. The Labute approximate surface area is 154 Å². The van der Waals surface area contributed by atoms with E-state index in [2.05, 4.69) is 0 Å². The Hall–Kier alpha value is -2.75. The van der Waals surface area contributed by atoms with Crippen molar-refractivity contribution < 1.29 is 19.1 Å². The largest absolute Gasteiger partial charge is 0.462 e. The van der Waals surface area contributed by atoms with Crippen LogP contribution in [0.15, 0.2) is 48.5 Å². The van der Waals surface area contributed by atoms with Crippen LogP contribution in [0.25, 0.3) is 0 Å². The number of ketones is 2. The van der Waals surface area contributed by atoms with Crippen molar-refractivity contribution in [3.8, 4) is 0 Å². The van der Waals surface area contributed by atoms with Crippen LogP contribution < -0.4 is 0 Å². The van der Waals surface area contributed by atoms with Crippen molar-refractivity contribution in [1.82, 2.24) is 0 Å². The SMILES string of the molecule is CCOC(=O)c1ccc(CCC(=O)Cc2ccccc2C(=O)CC)cc1. The molecular weight excluding hydrogens is 328 g/mol. The highest BCUT2D eigenvalue weighted by atomic mass is 16.5. The van der Waals surface area contributed by atoms with Crippen molar-refractivity contribution in [2.45, 2.75) is 39.5 Å². The Morgan fingerprint density at radius 1 is 0.923 bits per heavy atom. The molecule has 2 aromatic carbocycles. The Bertz CT molecular complexity index is 775. The Balaban J connectivity index is 1.93. The van der Waals surface area contributed by atoms with Gasteiger partial charge in [0.25, 0.3) is 0 Å². The lowest BCUT2D eigenvalue weighted by Gasteiger charge is -2.08. The number of carbonyl (C=O) groups is 3. The molecule has 0 amide bonds. The molecule has 0 saturated carbocycles. The van der Waals surface area contributed by atoms with Gasteiger partial charge in [0.1, 0.15) is 5.78 Å².